The van der Waals surface area contributed by atoms with E-state index in [0.717, 1.165) is 34.7 Å². The molecule has 10 heteroatoms. The molecule has 0 aliphatic carbocycles. The Morgan fingerprint density at radius 1 is 0.839 bits per heavy atom. The molecule has 0 atom stereocenters. The van der Waals surface area contributed by atoms with Gasteiger partial charge < -0.3 is 19.6 Å². The topological polar surface area (TPSA) is 104 Å². The minimum atomic E-state index is -0.131. The quantitative estimate of drug-likeness (QED) is 0.517. The summed E-state index contributed by atoms with van der Waals surface area (Å²) in [6, 6.07) is 9.53. The number of carbonyl (C=O) groups excluding carboxylic acids is 4. The molecule has 1 N–H and O–H groups in total. The van der Waals surface area contributed by atoms with Gasteiger partial charge in [0.1, 0.15) is 11.5 Å². The summed E-state index contributed by atoms with van der Waals surface area (Å²) in [7, 11) is 8.16. The molecule has 0 saturated heterocycles. The van der Waals surface area contributed by atoms with E-state index in [0.29, 0.717) is 22.5 Å². The summed E-state index contributed by atoms with van der Waals surface area (Å²) in [6.07, 6.45) is 1.29. The highest BCUT2D eigenvalue weighted by Crippen LogP contribution is 2.27. The number of hydrogen-bond acceptors (Lipinski definition) is 8. The molecule has 0 unspecified atom stereocenters. The predicted octanol–water partition coefficient (Wildman–Crippen LogP) is 4.26. The minimum absolute atomic E-state index is 0.0686. The van der Waals surface area contributed by atoms with Gasteiger partial charge in [-0.25, -0.2) is 0 Å². The normalized spacial score (nSPS) is 9.71. The van der Waals surface area contributed by atoms with Crippen molar-refractivity contribution in [3.63, 3.8) is 0 Å². The lowest BCUT2D eigenvalue weighted by Crippen LogP contribution is -2.16. The molecule has 0 saturated carbocycles. The SMILES string of the molecule is CN(C)C(=O)Sc1ccc(C=O)c(O)c1.COc1cc(SC(=O)N(C)C)ccc1C=O. The van der Waals surface area contributed by atoms with E-state index >= 15 is 0 Å². The summed E-state index contributed by atoms with van der Waals surface area (Å²) in [4.78, 5) is 48.1. The predicted molar refractivity (Wildman–Crippen MR) is 122 cm³/mol. The molecular formula is C21H24N2O6S2. The van der Waals surface area contributed by atoms with Crippen LogP contribution in [-0.2, 0) is 0 Å². The highest BCUT2D eigenvalue weighted by Gasteiger charge is 2.10. The van der Waals surface area contributed by atoms with E-state index in [4.69, 9.17) is 4.74 Å². The highest BCUT2D eigenvalue weighted by atomic mass is 32.2. The van der Waals surface area contributed by atoms with Crippen LogP contribution in [-0.4, -0.2) is 73.3 Å². The molecule has 0 aliphatic rings. The van der Waals surface area contributed by atoms with E-state index < -0.39 is 0 Å². The number of hydrogen-bond donors (Lipinski definition) is 1. The van der Waals surface area contributed by atoms with Crippen LogP contribution in [0.15, 0.2) is 46.2 Å². The summed E-state index contributed by atoms with van der Waals surface area (Å²) in [5.74, 6) is 0.369. The zero-order chi connectivity index (χ0) is 23.6. The number of rotatable bonds is 5. The fourth-order valence-corrected chi connectivity index (χ4v) is 3.30. The van der Waals surface area contributed by atoms with Crippen LogP contribution >= 0.6 is 23.5 Å². The third-order valence-electron chi connectivity index (χ3n) is 3.60. The van der Waals surface area contributed by atoms with E-state index in [1.807, 2.05) is 0 Å². The van der Waals surface area contributed by atoms with Crippen molar-refractivity contribution >= 4 is 46.6 Å². The van der Waals surface area contributed by atoms with Crippen LogP contribution in [0.1, 0.15) is 20.7 Å². The van der Waals surface area contributed by atoms with Crippen molar-refractivity contribution in [1.82, 2.24) is 9.80 Å². The molecule has 0 bridgehead atoms. The molecule has 31 heavy (non-hydrogen) atoms. The molecule has 0 aromatic heterocycles. The number of methoxy groups -OCH3 is 1. The van der Waals surface area contributed by atoms with Gasteiger partial charge in [-0.15, -0.1) is 0 Å². The fourth-order valence-electron chi connectivity index (χ4n) is 1.92. The molecule has 0 radical (unpaired) electrons. The second-order valence-electron chi connectivity index (χ2n) is 6.38. The Kier molecular flexibility index (Phi) is 10.6. The zero-order valence-electron chi connectivity index (χ0n) is 17.8. The Labute approximate surface area is 189 Å². The second-order valence-corrected chi connectivity index (χ2v) is 8.43. The van der Waals surface area contributed by atoms with E-state index in [9.17, 15) is 24.3 Å². The van der Waals surface area contributed by atoms with Crippen molar-refractivity contribution in [1.29, 1.82) is 0 Å². The molecular weight excluding hydrogens is 440 g/mol. The molecule has 0 spiro atoms. The molecule has 166 valence electrons. The first kappa shape index (κ1) is 26.1. The molecule has 2 rings (SSSR count). The maximum Gasteiger partial charge on any atom is 0.285 e. The summed E-state index contributed by atoms with van der Waals surface area (Å²) in [6.45, 7) is 0. The van der Waals surface area contributed by atoms with Crippen molar-refractivity contribution < 1.29 is 29.0 Å². The number of amides is 2. The Morgan fingerprint density at radius 2 is 1.29 bits per heavy atom. The minimum Gasteiger partial charge on any atom is -0.507 e. The van der Waals surface area contributed by atoms with Gasteiger partial charge in [-0.3, -0.25) is 19.2 Å². The average molecular weight is 465 g/mol. The van der Waals surface area contributed by atoms with E-state index in [-0.39, 0.29) is 21.8 Å². The molecule has 2 aromatic carbocycles. The Hall–Kier alpha value is -2.98. The van der Waals surface area contributed by atoms with E-state index in [2.05, 4.69) is 0 Å². The Balaban J connectivity index is 0.000000311. The van der Waals surface area contributed by atoms with Gasteiger partial charge in [0, 0.05) is 38.0 Å². The van der Waals surface area contributed by atoms with Crippen molar-refractivity contribution in [2.24, 2.45) is 0 Å². The lowest BCUT2D eigenvalue weighted by molar-refractivity contribution is 0.111. The first-order chi connectivity index (χ1) is 14.6. The third kappa shape index (κ3) is 8.35. The maximum atomic E-state index is 11.4. The molecule has 8 nitrogen and oxygen atoms in total. The second kappa shape index (κ2) is 12.7. The monoisotopic (exact) mass is 464 g/mol. The van der Waals surface area contributed by atoms with Crippen LogP contribution in [0.5, 0.6) is 11.5 Å². The van der Waals surface area contributed by atoms with Gasteiger partial charge >= 0.3 is 0 Å². The average Bonchev–Trinajstić information content (AvgIpc) is 2.74. The number of aromatic hydroxyl groups is 1. The molecule has 0 aliphatic heterocycles. The van der Waals surface area contributed by atoms with Gasteiger partial charge in [0.15, 0.2) is 12.6 Å². The zero-order valence-corrected chi connectivity index (χ0v) is 19.5. The van der Waals surface area contributed by atoms with Crippen LogP contribution in [0.3, 0.4) is 0 Å². The van der Waals surface area contributed by atoms with Gasteiger partial charge in [0.25, 0.3) is 10.5 Å². The summed E-state index contributed by atoms with van der Waals surface area (Å²) < 4.78 is 5.05. The number of thioether (sulfide) groups is 2. The van der Waals surface area contributed by atoms with Crippen LogP contribution in [0.2, 0.25) is 0 Å². The Bertz CT molecular complexity index is 947. The van der Waals surface area contributed by atoms with Crippen LogP contribution < -0.4 is 4.74 Å². The smallest absolute Gasteiger partial charge is 0.285 e. The van der Waals surface area contributed by atoms with Gasteiger partial charge in [-0.2, -0.15) is 0 Å². The van der Waals surface area contributed by atoms with Gasteiger partial charge in [-0.05, 0) is 59.9 Å². The fraction of sp³-hybridized carbons (Fsp3) is 0.238. The van der Waals surface area contributed by atoms with Gasteiger partial charge in [-0.1, -0.05) is 0 Å². The standard InChI is InChI=1S/C11H13NO3S.C10H11NO3S/c1-12(2)11(14)16-9-5-4-8(7-13)10(6-9)15-3;1-11(2)10(14)15-8-4-3-7(6-12)9(13)5-8/h4-7H,1-3H3;3-6,13H,1-2H3. The van der Waals surface area contributed by atoms with Crippen LogP contribution in [0.4, 0.5) is 9.59 Å². The highest BCUT2D eigenvalue weighted by molar-refractivity contribution is 8.13. The van der Waals surface area contributed by atoms with Crippen molar-refractivity contribution in [2.75, 3.05) is 35.3 Å². The lowest BCUT2D eigenvalue weighted by atomic mass is 10.2. The number of ether oxygens (including phenoxy) is 1. The first-order valence-electron chi connectivity index (χ1n) is 8.82. The molecule has 0 heterocycles. The maximum absolute atomic E-state index is 11.4. The summed E-state index contributed by atoms with van der Waals surface area (Å²) >= 11 is 2.09. The van der Waals surface area contributed by atoms with Gasteiger partial charge in [0.2, 0.25) is 0 Å². The largest absolute Gasteiger partial charge is 0.507 e. The number of carbonyl (C=O) groups is 4. The van der Waals surface area contributed by atoms with E-state index in [1.165, 1.54) is 29.0 Å². The number of aldehydes is 2. The lowest BCUT2D eigenvalue weighted by Gasteiger charge is -2.10. The first-order valence-corrected chi connectivity index (χ1v) is 10.5. The number of phenols is 1. The number of phenolic OH excluding ortho intramolecular Hbond substituents is 1. The number of nitrogens with zero attached hydrogens (tertiary/aromatic N) is 2. The van der Waals surface area contributed by atoms with E-state index in [1.54, 1.807) is 52.5 Å². The van der Waals surface area contributed by atoms with Crippen LogP contribution in [0.25, 0.3) is 0 Å². The van der Waals surface area contributed by atoms with Crippen molar-refractivity contribution in [3.05, 3.63) is 47.5 Å². The molecule has 2 aromatic rings. The molecule has 2 amide bonds. The van der Waals surface area contributed by atoms with Crippen molar-refractivity contribution in [2.45, 2.75) is 9.79 Å². The Morgan fingerprint density at radius 3 is 1.68 bits per heavy atom. The third-order valence-corrected chi connectivity index (χ3v) is 5.66. The van der Waals surface area contributed by atoms with Gasteiger partial charge in [0.05, 0.1) is 18.2 Å². The molecule has 0 fully saturated rings. The summed E-state index contributed by atoms with van der Waals surface area (Å²) in [5.41, 5.74) is 0.695. The summed E-state index contributed by atoms with van der Waals surface area (Å²) in [5, 5.41) is 9.17. The van der Waals surface area contributed by atoms with Crippen molar-refractivity contribution in [3.8, 4) is 11.5 Å². The number of benzene rings is 2. The van der Waals surface area contributed by atoms with Crippen LogP contribution in [0, 0.1) is 0 Å².